The van der Waals surface area contributed by atoms with E-state index in [4.69, 9.17) is 0 Å². The van der Waals surface area contributed by atoms with Crippen LogP contribution in [-0.2, 0) is 19.4 Å². The summed E-state index contributed by atoms with van der Waals surface area (Å²) in [4.78, 5) is 11.8. The molecule has 0 bridgehead atoms. The SMILES string of the molecule is COC(=O)C(Br)(CCC1CCCCC1)C(F)(F)S(C)(=O)=O. The van der Waals surface area contributed by atoms with Crippen LogP contribution >= 0.6 is 15.9 Å². The Morgan fingerprint density at radius 3 is 2.24 bits per heavy atom. The van der Waals surface area contributed by atoms with Crippen LogP contribution in [0.4, 0.5) is 8.78 Å². The van der Waals surface area contributed by atoms with E-state index in [0.717, 1.165) is 39.2 Å². The first-order chi connectivity index (χ1) is 9.56. The van der Waals surface area contributed by atoms with E-state index < -0.39 is 25.4 Å². The van der Waals surface area contributed by atoms with Crippen LogP contribution in [0.2, 0.25) is 0 Å². The van der Waals surface area contributed by atoms with E-state index in [-0.39, 0.29) is 12.3 Å². The molecule has 1 saturated carbocycles. The number of hydrogen-bond donors (Lipinski definition) is 0. The van der Waals surface area contributed by atoms with Crippen LogP contribution in [0.3, 0.4) is 0 Å². The van der Waals surface area contributed by atoms with Crippen LogP contribution in [0.15, 0.2) is 0 Å². The molecule has 0 radical (unpaired) electrons. The van der Waals surface area contributed by atoms with Crippen molar-refractivity contribution >= 4 is 31.7 Å². The molecule has 0 aromatic carbocycles. The summed E-state index contributed by atoms with van der Waals surface area (Å²) >= 11 is 2.69. The number of halogens is 3. The van der Waals surface area contributed by atoms with Gasteiger partial charge in [0.15, 0.2) is 0 Å². The monoisotopic (exact) mass is 390 g/mol. The van der Waals surface area contributed by atoms with Gasteiger partial charge < -0.3 is 4.74 Å². The molecule has 0 aromatic heterocycles. The minimum atomic E-state index is -4.75. The molecule has 1 aliphatic rings. The molecule has 1 fully saturated rings. The molecule has 4 nitrogen and oxygen atoms in total. The van der Waals surface area contributed by atoms with Crippen LogP contribution in [0.1, 0.15) is 44.9 Å². The lowest BCUT2D eigenvalue weighted by atomic mass is 9.84. The highest BCUT2D eigenvalue weighted by atomic mass is 79.9. The molecule has 0 heterocycles. The quantitative estimate of drug-likeness (QED) is 0.515. The number of ether oxygens (including phenoxy) is 1. The van der Waals surface area contributed by atoms with E-state index in [1.54, 1.807) is 0 Å². The first kappa shape index (κ1) is 18.8. The van der Waals surface area contributed by atoms with Crippen molar-refractivity contribution in [3.8, 4) is 0 Å². The van der Waals surface area contributed by atoms with E-state index in [1.165, 1.54) is 0 Å². The zero-order valence-corrected chi connectivity index (χ0v) is 14.6. The summed E-state index contributed by atoms with van der Waals surface area (Å²) < 4.78 is 53.1. The van der Waals surface area contributed by atoms with Crippen molar-refractivity contribution in [2.75, 3.05) is 13.4 Å². The van der Waals surface area contributed by atoms with E-state index in [2.05, 4.69) is 20.7 Å². The molecule has 0 amide bonds. The maximum Gasteiger partial charge on any atom is 0.370 e. The smallest absolute Gasteiger partial charge is 0.370 e. The molecule has 1 rings (SSSR count). The number of carbonyl (C=O) groups is 1. The van der Waals surface area contributed by atoms with Crippen molar-refractivity contribution in [2.24, 2.45) is 5.92 Å². The predicted molar refractivity (Wildman–Crippen MR) is 79.3 cm³/mol. The summed E-state index contributed by atoms with van der Waals surface area (Å²) in [6.45, 7) is 0. The van der Waals surface area contributed by atoms with Crippen molar-refractivity contribution in [1.29, 1.82) is 0 Å². The Morgan fingerprint density at radius 2 is 1.81 bits per heavy atom. The zero-order chi connectivity index (χ0) is 16.3. The molecule has 124 valence electrons. The summed E-state index contributed by atoms with van der Waals surface area (Å²) in [6, 6.07) is 0. The van der Waals surface area contributed by atoms with Gasteiger partial charge in [-0.2, -0.15) is 8.78 Å². The molecular formula is C13H21BrF2O4S. The summed E-state index contributed by atoms with van der Waals surface area (Å²) in [5.41, 5.74) is 0. The van der Waals surface area contributed by atoms with Gasteiger partial charge in [-0.3, -0.25) is 4.79 Å². The minimum absolute atomic E-state index is 0.246. The third-order valence-electron chi connectivity index (χ3n) is 4.06. The van der Waals surface area contributed by atoms with Crippen molar-refractivity contribution in [3.05, 3.63) is 0 Å². The molecule has 1 atom stereocenters. The maximum atomic E-state index is 14.2. The second kappa shape index (κ2) is 6.89. The van der Waals surface area contributed by atoms with Gasteiger partial charge in [-0.25, -0.2) is 8.42 Å². The van der Waals surface area contributed by atoms with Crippen LogP contribution < -0.4 is 0 Å². The molecule has 0 aliphatic heterocycles. The highest BCUT2D eigenvalue weighted by Gasteiger charge is 2.64. The van der Waals surface area contributed by atoms with Gasteiger partial charge in [0.2, 0.25) is 14.2 Å². The number of methoxy groups -OCH3 is 1. The normalized spacial score (nSPS) is 20.8. The van der Waals surface area contributed by atoms with Crippen LogP contribution in [0, 0.1) is 5.92 Å². The molecule has 0 saturated heterocycles. The summed E-state index contributed by atoms with van der Waals surface area (Å²) in [5.74, 6) is -1.01. The standard InChI is InChI=1S/C13H21BrF2O4S/c1-20-11(17)12(14,13(15,16)21(2,18)19)9-8-10-6-4-3-5-7-10/h10H,3-9H2,1-2H3. The molecule has 21 heavy (non-hydrogen) atoms. The largest absolute Gasteiger partial charge is 0.468 e. The fourth-order valence-electron chi connectivity index (χ4n) is 2.70. The van der Waals surface area contributed by atoms with Crippen LogP contribution in [0.25, 0.3) is 0 Å². The highest BCUT2D eigenvalue weighted by molar-refractivity contribution is 9.10. The number of rotatable bonds is 6. The Morgan fingerprint density at radius 1 is 1.29 bits per heavy atom. The predicted octanol–water partition coefficient (Wildman–Crippen LogP) is 3.29. The summed E-state index contributed by atoms with van der Waals surface area (Å²) in [5, 5.41) is -4.22. The number of esters is 1. The Hall–Kier alpha value is -0.240. The van der Waals surface area contributed by atoms with Crippen molar-refractivity contribution in [2.45, 2.75) is 54.5 Å². The van der Waals surface area contributed by atoms with E-state index in [9.17, 15) is 22.0 Å². The van der Waals surface area contributed by atoms with Gasteiger partial charge in [0, 0.05) is 6.26 Å². The fourth-order valence-corrected chi connectivity index (χ4v) is 4.75. The molecule has 1 unspecified atom stereocenters. The Balaban J connectivity index is 2.96. The fraction of sp³-hybridized carbons (Fsp3) is 0.923. The number of carbonyl (C=O) groups excluding carboxylic acids is 1. The first-order valence-corrected chi connectivity index (χ1v) is 9.59. The van der Waals surface area contributed by atoms with Gasteiger partial charge in [0.1, 0.15) is 0 Å². The second-order valence-corrected chi connectivity index (χ2v) is 9.04. The number of alkyl halides is 3. The van der Waals surface area contributed by atoms with E-state index in [1.807, 2.05) is 0 Å². The van der Waals surface area contributed by atoms with Crippen LogP contribution in [0.5, 0.6) is 0 Å². The third kappa shape index (κ3) is 3.94. The lowest BCUT2D eigenvalue weighted by Gasteiger charge is -2.33. The lowest BCUT2D eigenvalue weighted by Crippen LogP contribution is -2.54. The molecule has 8 heteroatoms. The zero-order valence-electron chi connectivity index (χ0n) is 12.2. The number of sulfone groups is 1. The molecule has 0 spiro atoms. The van der Waals surface area contributed by atoms with Crippen molar-refractivity contribution in [3.63, 3.8) is 0 Å². The van der Waals surface area contributed by atoms with Gasteiger partial charge in [-0.15, -0.1) is 0 Å². The summed E-state index contributed by atoms with van der Waals surface area (Å²) in [7, 11) is -3.78. The highest BCUT2D eigenvalue weighted by Crippen LogP contribution is 2.46. The average Bonchev–Trinajstić information content (AvgIpc) is 2.43. The van der Waals surface area contributed by atoms with Gasteiger partial charge in [-0.05, 0) is 18.8 Å². The molecular weight excluding hydrogens is 370 g/mol. The molecule has 0 aromatic rings. The Kier molecular flexibility index (Phi) is 6.17. The lowest BCUT2D eigenvalue weighted by molar-refractivity contribution is -0.149. The van der Waals surface area contributed by atoms with Gasteiger partial charge in [0.25, 0.3) is 0 Å². The Bertz CT molecular complexity index is 475. The van der Waals surface area contributed by atoms with E-state index in [0.29, 0.717) is 12.7 Å². The first-order valence-electron chi connectivity index (χ1n) is 6.91. The second-order valence-electron chi connectivity index (χ2n) is 5.62. The minimum Gasteiger partial charge on any atom is -0.468 e. The maximum absolute atomic E-state index is 14.2. The van der Waals surface area contributed by atoms with Gasteiger partial charge >= 0.3 is 11.2 Å². The van der Waals surface area contributed by atoms with Crippen molar-refractivity contribution in [1.82, 2.24) is 0 Å². The Labute approximate surface area is 132 Å². The topological polar surface area (TPSA) is 60.4 Å². The number of hydrogen-bond acceptors (Lipinski definition) is 4. The molecule has 1 aliphatic carbocycles. The van der Waals surface area contributed by atoms with Gasteiger partial charge in [0.05, 0.1) is 7.11 Å². The average molecular weight is 391 g/mol. The van der Waals surface area contributed by atoms with E-state index >= 15 is 0 Å². The molecule has 0 N–H and O–H groups in total. The van der Waals surface area contributed by atoms with Crippen molar-refractivity contribution < 1.29 is 26.7 Å². The van der Waals surface area contributed by atoms with Crippen LogP contribution in [-0.4, -0.2) is 37.3 Å². The summed E-state index contributed by atoms with van der Waals surface area (Å²) in [6.07, 6.45) is 5.58. The van der Waals surface area contributed by atoms with Gasteiger partial charge in [-0.1, -0.05) is 48.0 Å². The third-order valence-corrected chi connectivity index (χ3v) is 6.82.